The number of alkyl halides is 2. The molecule has 2 nitrogen and oxygen atoms in total. The molecular weight excluding hydrogens is 198 g/mol. The Bertz CT molecular complexity index is 203. The van der Waals surface area contributed by atoms with Gasteiger partial charge >= 0.3 is 0 Å². The van der Waals surface area contributed by atoms with Crippen LogP contribution in [0.4, 0.5) is 8.78 Å². The van der Waals surface area contributed by atoms with Gasteiger partial charge in [-0.05, 0) is 19.9 Å². The van der Waals surface area contributed by atoms with Crippen molar-refractivity contribution in [3.63, 3.8) is 0 Å². The highest BCUT2D eigenvalue weighted by Crippen LogP contribution is 2.35. The van der Waals surface area contributed by atoms with Crippen LogP contribution in [0.2, 0.25) is 0 Å². The van der Waals surface area contributed by atoms with Gasteiger partial charge in [-0.3, -0.25) is 4.90 Å². The summed E-state index contributed by atoms with van der Waals surface area (Å²) in [4.78, 5) is 4.70. The monoisotopic (exact) mass is 218 g/mol. The molecule has 0 N–H and O–H groups in total. The molecule has 88 valence electrons. The van der Waals surface area contributed by atoms with E-state index in [1.165, 1.54) is 0 Å². The predicted molar refractivity (Wildman–Crippen MR) is 56.3 cm³/mol. The number of hydrogen-bond acceptors (Lipinski definition) is 2. The summed E-state index contributed by atoms with van der Waals surface area (Å²) >= 11 is 0. The highest BCUT2D eigenvalue weighted by molar-refractivity contribution is 4.85. The summed E-state index contributed by atoms with van der Waals surface area (Å²) in [7, 11) is 2.12. The van der Waals surface area contributed by atoms with Crippen LogP contribution in [0.5, 0.6) is 0 Å². The Morgan fingerprint density at radius 2 is 1.53 bits per heavy atom. The van der Waals surface area contributed by atoms with E-state index < -0.39 is 5.92 Å². The average Bonchev–Trinajstić information content (AvgIpc) is 2.20. The van der Waals surface area contributed by atoms with Crippen molar-refractivity contribution < 1.29 is 8.78 Å². The second kappa shape index (κ2) is 4.34. The number of likely N-dealkylation sites (N-methyl/N-ethyl adjacent to an activating group) is 1. The van der Waals surface area contributed by atoms with Crippen molar-refractivity contribution in [3.05, 3.63) is 0 Å². The Hall–Kier alpha value is -0.220. The van der Waals surface area contributed by atoms with Crippen molar-refractivity contribution >= 4 is 0 Å². The summed E-state index contributed by atoms with van der Waals surface area (Å²) in [5, 5.41) is 0. The topological polar surface area (TPSA) is 6.48 Å². The van der Waals surface area contributed by atoms with E-state index in [1.807, 2.05) is 0 Å². The number of rotatable bonds is 1. The van der Waals surface area contributed by atoms with E-state index in [2.05, 4.69) is 16.8 Å². The lowest BCUT2D eigenvalue weighted by Gasteiger charge is -2.41. The van der Waals surface area contributed by atoms with Crippen molar-refractivity contribution in [2.75, 3.05) is 33.2 Å². The minimum absolute atomic E-state index is 0.0873. The average molecular weight is 218 g/mol. The fourth-order valence-corrected chi connectivity index (χ4v) is 2.58. The van der Waals surface area contributed by atoms with Gasteiger partial charge < -0.3 is 4.90 Å². The van der Waals surface area contributed by atoms with Crippen molar-refractivity contribution in [3.8, 4) is 0 Å². The fourth-order valence-electron chi connectivity index (χ4n) is 2.58. The van der Waals surface area contributed by atoms with Crippen LogP contribution >= 0.6 is 0 Å². The maximum atomic E-state index is 13.0. The normalized spacial score (nSPS) is 30.6. The lowest BCUT2D eigenvalue weighted by atomic mass is 9.91. The summed E-state index contributed by atoms with van der Waals surface area (Å²) in [6.07, 6.45) is 1.53. The van der Waals surface area contributed by atoms with Crippen molar-refractivity contribution in [2.45, 2.75) is 37.6 Å². The van der Waals surface area contributed by atoms with Gasteiger partial charge in [-0.1, -0.05) is 0 Å². The zero-order valence-corrected chi connectivity index (χ0v) is 9.38. The summed E-state index contributed by atoms with van der Waals surface area (Å²) in [6.45, 7) is 4.25. The van der Waals surface area contributed by atoms with Gasteiger partial charge in [-0.25, -0.2) is 8.78 Å². The Morgan fingerprint density at radius 3 is 2.07 bits per heavy atom. The molecule has 2 rings (SSSR count). The van der Waals surface area contributed by atoms with E-state index in [0.29, 0.717) is 18.9 Å². The molecule has 2 aliphatic rings. The van der Waals surface area contributed by atoms with Gasteiger partial charge in [0.25, 0.3) is 0 Å². The third kappa shape index (κ3) is 2.88. The lowest BCUT2D eigenvalue weighted by molar-refractivity contribution is -0.0573. The van der Waals surface area contributed by atoms with Crippen LogP contribution in [-0.4, -0.2) is 55.0 Å². The van der Waals surface area contributed by atoms with Gasteiger partial charge in [0, 0.05) is 45.1 Å². The van der Waals surface area contributed by atoms with E-state index in [0.717, 1.165) is 26.2 Å². The molecule has 0 atom stereocenters. The maximum Gasteiger partial charge on any atom is 0.248 e. The summed E-state index contributed by atoms with van der Waals surface area (Å²) < 4.78 is 26.0. The SMILES string of the molecule is CN1CCN(C2CCC(F)(F)CC2)CC1. The van der Waals surface area contributed by atoms with Crippen LogP contribution in [-0.2, 0) is 0 Å². The predicted octanol–water partition coefficient (Wildman–Crippen LogP) is 1.81. The number of hydrogen-bond donors (Lipinski definition) is 0. The van der Waals surface area contributed by atoms with Crippen LogP contribution < -0.4 is 0 Å². The lowest BCUT2D eigenvalue weighted by Crippen LogP contribution is -2.50. The van der Waals surface area contributed by atoms with Gasteiger partial charge in [-0.2, -0.15) is 0 Å². The Morgan fingerprint density at radius 1 is 1.00 bits per heavy atom. The minimum Gasteiger partial charge on any atom is -0.304 e. The molecular formula is C11H20F2N2. The first-order valence-electron chi connectivity index (χ1n) is 5.87. The molecule has 0 radical (unpaired) electrons. The second-order valence-electron chi connectivity index (χ2n) is 4.93. The largest absolute Gasteiger partial charge is 0.304 e. The summed E-state index contributed by atoms with van der Waals surface area (Å²) in [6, 6.07) is 0.415. The highest BCUT2D eigenvalue weighted by Gasteiger charge is 2.37. The third-order valence-electron chi connectivity index (χ3n) is 3.74. The molecule has 0 bridgehead atoms. The summed E-state index contributed by atoms with van der Waals surface area (Å²) in [5.41, 5.74) is 0. The van der Waals surface area contributed by atoms with Crippen LogP contribution in [0.3, 0.4) is 0 Å². The Balaban J connectivity index is 1.80. The molecule has 15 heavy (non-hydrogen) atoms. The minimum atomic E-state index is -2.39. The number of nitrogens with zero attached hydrogens (tertiary/aromatic N) is 2. The van der Waals surface area contributed by atoms with Crippen LogP contribution in [0.1, 0.15) is 25.7 Å². The van der Waals surface area contributed by atoms with Crippen LogP contribution in [0, 0.1) is 0 Å². The first-order chi connectivity index (χ1) is 7.07. The van der Waals surface area contributed by atoms with Gasteiger partial charge in [0.05, 0.1) is 0 Å². The van der Waals surface area contributed by atoms with E-state index >= 15 is 0 Å². The first kappa shape index (κ1) is 11.3. The first-order valence-corrected chi connectivity index (χ1v) is 5.87. The highest BCUT2D eigenvalue weighted by atomic mass is 19.3. The van der Waals surface area contributed by atoms with Crippen LogP contribution in [0.25, 0.3) is 0 Å². The van der Waals surface area contributed by atoms with E-state index in [9.17, 15) is 8.78 Å². The van der Waals surface area contributed by atoms with Crippen molar-refractivity contribution in [2.24, 2.45) is 0 Å². The number of piperazine rings is 1. The molecule has 1 aliphatic carbocycles. The molecule has 1 saturated carbocycles. The molecule has 0 aromatic rings. The second-order valence-corrected chi connectivity index (χ2v) is 4.93. The molecule has 0 aromatic carbocycles. The van der Waals surface area contributed by atoms with E-state index in [4.69, 9.17) is 0 Å². The van der Waals surface area contributed by atoms with E-state index in [-0.39, 0.29) is 12.8 Å². The third-order valence-corrected chi connectivity index (χ3v) is 3.74. The molecule has 0 unspecified atom stereocenters. The molecule has 1 saturated heterocycles. The fraction of sp³-hybridized carbons (Fsp3) is 1.00. The molecule has 0 amide bonds. The Labute approximate surface area is 90.2 Å². The number of halogens is 2. The molecule has 1 heterocycles. The standard InChI is InChI=1S/C11H20F2N2/c1-14-6-8-15(9-7-14)10-2-4-11(12,13)5-3-10/h10H,2-9H2,1H3. The quantitative estimate of drug-likeness (QED) is 0.662. The molecule has 0 aromatic heterocycles. The van der Waals surface area contributed by atoms with Gasteiger partial charge in [-0.15, -0.1) is 0 Å². The zero-order valence-electron chi connectivity index (χ0n) is 9.38. The molecule has 2 fully saturated rings. The van der Waals surface area contributed by atoms with Crippen LogP contribution in [0.15, 0.2) is 0 Å². The summed E-state index contributed by atoms with van der Waals surface area (Å²) in [5.74, 6) is -2.39. The van der Waals surface area contributed by atoms with Gasteiger partial charge in [0.1, 0.15) is 0 Å². The molecule has 4 heteroatoms. The molecule has 1 aliphatic heterocycles. The zero-order chi connectivity index (χ0) is 10.9. The van der Waals surface area contributed by atoms with Gasteiger partial charge in [0.15, 0.2) is 0 Å². The Kier molecular flexibility index (Phi) is 3.26. The maximum absolute atomic E-state index is 13.0. The van der Waals surface area contributed by atoms with E-state index in [1.54, 1.807) is 0 Å². The molecule has 0 spiro atoms. The smallest absolute Gasteiger partial charge is 0.248 e. The van der Waals surface area contributed by atoms with Gasteiger partial charge in [0.2, 0.25) is 5.92 Å². The van der Waals surface area contributed by atoms with Crippen molar-refractivity contribution in [1.82, 2.24) is 9.80 Å². The van der Waals surface area contributed by atoms with Crippen molar-refractivity contribution in [1.29, 1.82) is 0 Å².